The maximum absolute atomic E-state index is 13.3. The molecule has 3 heterocycles. The minimum absolute atomic E-state index is 0.195. The lowest BCUT2D eigenvalue weighted by Gasteiger charge is -2.44. The number of rotatable bonds is 5. The van der Waals surface area contributed by atoms with Crippen LogP contribution in [0.2, 0.25) is 0 Å². The van der Waals surface area contributed by atoms with Crippen LogP contribution in [0.25, 0.3) is 0 Å². The average molecular weight is 384 g/mol. The van der Waals surface area contributed by atoms with Gasteiger partial charge >= 0.3 is 0 Å². The molecule has 3 atom stereocenters. The van der Waals surface area contributed by atoms with Gasteiger partial charge in [0, 0.05) is 49.8 Å². The van der Waals surface area contributed by atoms with Gasteiger partial charge in [-0.15, -0.1) is 0 Å². The molecule has 1 aromatic carbocycles. The van der Waals surface area contributed by atoms with E-state index in [0.29, 0.717) is 12.8 Å². The molecule has 1 unspecified atom stereocenters. The molecule has 150 valence electrons. The van der Waals surface area contributed by atoms with Crippen molar-refractivity contribution >= 4 is 11.8 Å². The topological polar surface area (TPSA) is 52.5 Å². The summed E-state index contributed by atoms with van der Waals surface area (Å²) in [6.45, 7) is 8.09. The molecule has 28 heavy (non-hydrogen) atoms. The second-order valence-corrected chi connectivity index (χ2v) is 8.08. The van der Waals surface area contributed by atoms with Crippen LogP contribution in [0.4, 0.5) is 16.2 Å². The fourth-order valence-electron chi connectivity index (χ4n) is 4.91. The Bertz CT molecular complexity index is 823. The van der Waals surface area contributed by atoms with Crippen molar-refractivity contribution in [1.82, 2.24) is 9.97 Å². The summed E-state index contributed by atoms with van der Waals surface area (Å²) in [4.78, 5) is 14.2. The minimum Gasteiger partial charge on any atom is -0.385 e. The second-order valence-electron chi connectivity index (χ2n) is 8.08. The van der Waals surface area contributed by atoms with Crippen LogP contribution in [0.3, 0.4) is 0 Å². The largest absolute Gasteiger partial charge is 0.385 e. The van der Waals surface area contributed by atoms with Crippen molar-refractivity contribution in [2.45, 2.75) is 64.1 Å². The van der Waals surface area contributed by atoms with Gasteiger partial charge in [0.05, 0.1) is 5.60 Å². The Kier molecular flexibility index (Phi) is 5.00. The number of nitrogens with zero attached hydrogens (tertiary/aromatic N) is 4. The van der Waals surface area contributed by atoms with E-state index < -0.39 is 5.60 Å². The molecule has 2 aromatic rings. The zero-order valence-electron chi connectivity index (χ0n) is 16.9. The smallest absolute Gasteiger partial charge is 0.228 e. The van der Waals surface area contributed by atoms with Gasteiger partial charge in [0.2, 0.25) is 5.95 Å². The molecule has 4 rings (SSSR count). The second kappa shape index (κ2) is 7.32. The Hall–Kier alpha value is -2.21. The number of aliphatic hydroxyl groups is 1. The van der Waals surface area contributed by atoms with Crippen LogP contribution in [0.5, 0.6) is 0 Å². The molecule has 2 fully saturated rings. The lowest BCUT2D eigenvalue weighted by molar-refractivity contribution is -0.00341. The van der Waals surface area contributed by atoms with E-state index in [1.165, 1.54) is 12.1 Å². The minimum atomic E-state index is -0.915. The average Bonchev–Trinajstić information content (AvgIpc) is 2.95. The molecule has 5 nitrogen and oxygen atoms in total. The molecule has 6 heteroatoms. The SMILES string of the molecule is CCN(CC)c1cc(C)nc(N2[C@@H]3CC[C@H]2CC(O)(c2ccc(F)cc2)C3)n1. The number of anilines is 2. The molecule has 1 aromatic heterocycles. The van der Waals surface area contributed by atoms with E-state index in [2.05, 4.69) is 23.6 Å². The van der Waals surface area contributed by atoms with Gasteiger partial charge in [-0.2, -0.15) is 4.98 Å². The van der Waals surface area contributed by atoms with Gasteiger partial charge in [0.15, 0.2) is 0 Å². The third kappa shape index (κ3) is 3.34. The summed E-state index contributed by atoms with van der Waals surface area (Å²) in [6, 6.07) is 8.72. The molecule has 1 N–H and O–H groups in total. The maximum Gasteiger partial charge on any atom is 0.228 e. The summed E-state index contributed by atoms with van der Waals surface area (Å²) in [6.07, 6.45) is 3.28. The van der Waals surface area contributed by atoms with E-state index in [1.54, 1.807) is 12.1 Å². The monoisotopic (exact) mass is 384 g/mol. The van der Waals surface area contributed by atoms with E-state index in [0.717, 1.165) is 49.0 Å². The molecule has 0 amide bonds. The fraction of sp³-hybridized carbons (Fsp3) is 0.545. The normalized spacial score (nSPS) is 26.5. The van der Waals surface area contributed by atoms with Crippen LogP contribution < -0.4 is 9.80 Å². The van der Waals surface area contributed by atoms with Crippen molar-refractivity contribution in [3.63, 3.8) is 0 Å². The number of fused-ring (bicyclic) bond motifs is 2. The van der Waals surface area contributed by atoms with Gasteiger partial charge in [-0.3, -0.25) is 0 Å². The van der Waals surface area contributed by atoms with Crippen LogP contribution in [0, 0.1) is 12.7 Å². The summed E-state index contributed by atoms with van der Waals surface area (Å²) in [5.41, 5.74) is 0.854. The highest BCUT2D eigenvalue weighted by Crippen LogP contribution is 2.47. The summed E-state index contributed by atoms with van der Waals surface area (Å²) in [7, 11) is 0. The first-order valence-corrected chi connectivity index (χ1v) is 10.3. The van der Waals surface area contributed by atoms with Crippen molar-refractivity contribution in [2.24, 2.45) is 0 Å². The van der Waals surface area contributed by atoms with Crippen LogP contribution in [-0.4, -0.2) is 40.2 Å². The Morgan fingerprint density at radius 3 is 2.29 bits per heavy atom. The van der Waals surface area contributed by atoms with Crippen molar-refractivity contribution < 1.29 is 9.50 Å². The summed E-state index contributed by atoms with van der Waals surface area (Å²) in [5, 5.41) is 11.4. The quantitative estimate of drug-likeness (QED) is 0.850. The van der Waals surface area contributed by atoms with Crippen LogP contribution in [0.15, 0.2) is 30.3 Å². The zero-order chi connectivity index (χ0) is 19.9. The number of hydrogen-bond acceptors (Lipinski definition) is 5. The highest BCUT2D eigenvalue weighted by molar-refractivity contribution is 5.48. The Labute approximate surface area is 166 Å². The van der Waals surface area contributed by atoms with Crippen molar-refractivity contribution in [3.05, 3.63) is 47.4 Å². The van der Waals surface area contributed by atoms with E-state index in [-0.39, 0.29) is 17.9 Å². The molecule has 2 bridgehead atoms. The maximum atomic E-state index is 13.3. The number of piperidine rings is 1. The van der Waals surface area contributed by atoms with Crippen LogP contribution >= 0.6 is 0 Å². The Morgan fingerprint density at radius 2 is 1.71 bits per heavy atom. The van der Waals surface area contributed by atoms with Gasteiger partial charge in [-0.25, -0.2) is 9.37 Å². The molecular formula is C22H29FN4O. The van der Waals surface area contributed by atoms with E-state index >= 15 is 0 Å². The Balaban J connectivity index is 1.63. The standard InChI is InChI=1S/C22H29FN4O/c1-4-26(5-2)20-12-15(3)24-21(25-20)27-18-10-11-19(27)14-22(28,13-18)16-6-8-17(23)9-7-16/h6-9,12,18-19,28H,4-5,10-11,13-14H2,1-3H3/t18-,19+,22?. The number of aromatic nitrogens is 2. The summed E-state index contributed by atoms with van der Waals surface area (Å²) < 4.78 is 13.3. The molecular weight excluding hydrogens is 355 g/mol. The summed E-state index contributed by atoms with van der Waals surface area (Å²) >= 11 is 0. The number of benzene rings is 1. The lowest BCUT2D eigenvalue weighted by Crippen LogP contribution is -2.50. The van der Waals surface area contributed by atoms with Crippen molar-refractivity contribution in [3.8, 4) is 0 Å². The third-order valence-corrected chi connectivity index (χ3v) is 6.30. The molecule has 0 spiro atoms. The number of halogens is 1. The number of aryl methyl sites for hydroxylation is 1. The fourth-order valence-corrected chi connectivity index (χ4v) is 4.91. The molecule has 2 aliphatic heterocycles. The van der Waals surface area contributed by atoms with Gasteiger partial charge < -0.3 is 14.9 Å². The van der Waals surface area contributed by atoms with E-state index in [1.807, 2.05) is 13.0 Å². The van der Waals surface area contributed by atoms with Gasteiger partial charge in [-0.05, 0) is 51.3 Å². The van der Waals surface area contributed by atoms with E-state index in [4.69, 9.17) is 9.97 Å². The first-order valence-electron chi connectivity index (χ1n) is 10.3. The molecule has 0 radical (unpaired) electrons. The third-order valence-electron chi connectivity index (χ3n) is 6.30. The predicted octanol–water partition coefficient (Wildman–Crippen LogP) is 3.79. The van der Waals surface area contributed by atoms with E-state index in [9.17, 15) is 9.50 Å². The number of hydrogen-bond donors (Lipinski definition) is 1. The zero-order valence-corrected chi connectivity index (χ0v) is 16.9. The van der Waals surface area contributed by atoms with Gasteiger partial charge in [-0.1, -0.05) is 12.1 Å². The van der Waals surface area contributed by atoms with Crippen LogP contribution in [-0.2, 0) is 5.60 Å². The molecule has 2 saturated heterocycles. The molecule has 2 aliphatic rings. The molecule has 0 saturated carbocycles. The van der Waals surface area contributed by atoms with Gasteiger partial charge in [0.25, 0.3) is 0 Å². The molecule has 0 aliphatic carbocycles. The predicted molar refractivity (Wildman–Crippen MR) is 109 cm³/mol. The highest BCUT2D eigenvalue weighted by atomic mass is 19.1. The van der Waals surface area contributed by atoms with Gasteiger partial charge in [0.1, 0.15) is 11.6 Å². The van der Waals surface area contributed by atoms with Crippen molar-refractivity contribution in [2.75, 3.05) is 22.9 Å². The summed E-state index contributed by atoms with van der Waals surface area (Å²) in [5.74, 6) is 1.46. The first-order chi connectivity index (χ1) is 13.4. The van der Waals surface area contributed by atoms with Crippen LogP contribution in [0.1, 0.15) is 50.8 Å². The lowest BCUT2D eigenvalue weighted by atomic mass is 9.80. The highest BCUT2D eigenvalue weighted by Gasteiger charge is 2.49. The van der Waals surface area contributed by atoms with Crippen molar-refractivity contribution in [1.29, 1.82) is 0 Å². The Morgan fingerprint density at radius 1 is 1.11 bits per heavy atom. The first kappa shape index (κ1) is 19.1.